The summed E-state index contributed by atoms with van der Waals surface area (Å²) in [5, 5.41) is 6.19. The van der Waals surface area contributed by atoms with Gasteiger partial charge in [-0.15, -0.1) is 12.4 Å². The Morgan fingerprint density at radius 2 is 2.06 bits per heavy atom. The van der Waals surface area contributed by atoms with Gasteiger partial charge in [-0.3, -0.25) is 4.79 Å². The van der Waals surface area contributed by atoms with Crippen LogP contribution < -0.4 is 10.6 Å². The van der Waals surface area contributed by atoms with Gasteiger partial charge < -0.3 is 15.5 Å². The third kappa shape index (κ3) is 4.41. The summed E-state index contributed by atoms with van der Waals surface area (Å²) < 4.78 is 0. The zero-order valence-corrected chi connectivity index (χ0v) is 12.1. The number of carbonyl (C=O) groups is 1. The van der Waals surface area contributed by atoms with Gasteiger partial charge in [-0.2, -0.15) is 0 Å². The molecule has 0 aromatic carbocycles. The number of amides is 1. The molecule has 0 saturated carbocycles. The van der Waals surface area contributed by atoms with E-state index >= 15 is 0 Å². The number of nitrogens with zero attached hydrogens (tertiary/aromatic N) is 1. The molecule has 1 unspecified atom stereocenters. The molecule has 5 heteroatoms. The van der Waals surface area contributed by atoms with Crippen LogP contribution in [0.4, 0.5) is 0 Å². The highest BCUT2D eigenvalue weighted by Crippen LogP contribution is 2.20. The van der Waals surface area contributed by atoms with Gasteiger partial charge in [-0.1, -0.05) is 0 Å². The highest BCUT2D eigenvalue weighted by Gasteiger charge is 2.26. The van der Waals surface area contributed by atoms with Crippen LogP contribution in [-0.2, 0) is 4.79 Å². The van der Waals surface area contributed by atoms with Gasteiger partial charge in [-0.25, -0.2) is 0 Å². The van der Waals surface area contributed by atoms with E-state index in [-0.39, 0.29) is 24.2 Å². The standard InChI is InChI=1S/C13H25N3O.ClH/c1-14-13(17)12-3-2-8-16(10-12)9-11-4-6-15-7-5-11;/h11-12,15H,2-10H2,1H3,(H,14,17);1H. The maximum atomic E-state index is 11.7. The highest BCUT2D eigenvalue weighted by molar-refractivity contribution is 5.85. The van der Waals surface area contributed by atoms with Crippen molar-refractivity contribution in [3.8, 4) is 0 Å². The fourth-order valence-electron chi connectivity index (χ4n) is 3.07. The maximum absolute atomic E-state index is 11.7. The second-order valence-electron chi connectivity index (χ2n) is 5.41. The molecule has 0 bridgehead atoms. The SMILES string of the molecule is CNC(=O)C1CCCN(CC2CCNCC2)C1.Cl. The molecule has 18 heavy (non-hydrogen) atoms. The lowest BCUT2D eigenvalue weighted by atomic mass is 9.93. The normalized spacial score (nSPS) is 26.4. The number of piperidine rings is 2. The van der Waals surface area contributed by atoms with Crippen LogP contribution in [0, 0.1) is 11.8 Å². The number of hydrogen-bond donors (Lipinski definition) is 2. The van der Waals surface area contributed by atoms with Crippen LogP contribution in [0.1, 0.15) is 25.7 Å². The predicted molar refractivity (Wildman–Crippen MR) is 76.1 cm³/mol. The minimum atomic E-state index is 0. The second-order valence-corrected chi connectivity index (χ2v) is 5.41. The molecule has 4 nitrogen and oxygen atoms in total. The molecule has 2 rings (SSSR count). The summed E-state index contributed by atoms with van der Waals surface area (Å²) in [7, 11) is 1.74. The smallest absolute Gasteiger partial charge is 0.224 e. The Kier molecular flexibility index (Phi) is 6.97. The summed E-state index contributed by atoms with van der Waals surface area (Å²) in [5.41, 5.74) is 0. The van der Waals surface area contributed by atoms with Crippen molar-refractivity contribution in [3.63, 3.8) is 0 Å². The van der Waals surface area contributed by atoms with E-state index in [1.54, 1.807) is 7.05 Å². The second kappa shape index (κ2) is 7.97. The fourth-order valence-corrected chi connectivity index (χ4v) is 3.07. The van der Waals surface area contributed by atoms with Gasteiger partial charge in [-0.05, 0) is 51.2 Å². The Balaban J connectivity index is 0.00000162. The van der Waals surface area contributed by atoms with Gasteiger partial charge in [0.05, 0.1) is 5.92 Å². The third-order valence-electron chi connectivity index (χ3n) is 4.10. The monoisotopic (exact) mass is 275 g/mol. The molecule has 2 saturated heterocycles. The van der Waals surface area contributed by atoms with Crippen LogP contribution in [0.5, 0.6) is 0 Å². The van der Waals surface area contributed by atoms with Crippen molar-refractivity contribution in [3.05, 3.63) is 0 Å². The molecule has 2 heterocycles. The molecule has 1 amide bonds. The molecule has 0 radical (unpaired) electrons. The average molecular weight is 276 g/mol. The quantitative estimate of drug-likeness (QED) is 0.803. The Morgan fingerprint density at radius 1 is 1.33 bits per heavy atom. The number of hydrogen-bond acceptors (Lipinski definition) is 3. The van der Waals surface area contributed by atoms with Crippen LogP contribution in [0.2, 0.25) is 0 Å². The molecule has 2 aliphatic rings. The molecule has 1 atom stereocenters. The summed E-state index contributed by atoms with van der Waals surface area (Å²) in [4.78, 5) is 14.2. The predicted octanol–water partition coefficient (Wildman–Crippen LogP) is 0.866. The minimum Gasteiger partial charge on any atom is -0.359 e. The molecular formula is C13H26ClN3O. The largest absolute Gasteiger partial charge is 0.359 e. The lowest BCUT2D eigenvalue weighted by molar-refractivity contribution is -0.126. The van der Waals surface area contributed by atoms with Crippen molar-refractivity contribution in [1.82, 2.24) is 15.5 Å². The number of rotatable bonds is 3. The molecule has 0 spiro atoms. The van der Waals surface area contributed by atoms with E-state index in [9.17, 15) is 4.79 Å². The molecule has 2 aliphatic heterocycles. The number of likely N-dealkylation sites (tertiary alicyclic amines) is 1. The van der Waals surface area contributed by atoms with Crippen molar-refractivity contribution in [2.45, 2.75) is 25.7 Å². The summed E-state index contributed by atoms with van der Waals surface area (Å²) in [5.74, 6) is 1.27. The van der Waals surface area contributed by atoms with Crippen LogP contribution >= 0.6 is 12.4 Å². The first kappa shape index (κ1) is 15.7. The highest BCUT2D eigenvalue weighted by atomic mass is 35.5. The van der Waals surface area contributed by atoms with Crippen molar-refractivity contribution in [2.75, 3.05) is 39.8 Å². The Labute approximate surface area is 116 Å². The van der Waals surface area contributed by atoms with Crippen molar-refractivity contribution < 1.29 is 4.79 Å². The van der Waals surface area contributed by atoms with Gasteiger partial charge >= 0.3 is 0 Å². The summed E-state index contributed by atoms with van der Waals surface area (Å²) in [6.45, 7) is 5.66. The molecule has 0 aliphatic carbocycles. The number of nitrogens with one attached hydrogen (secondary N) is 2. The molecule has 2 N–H and O–H groups in total. The van der Waals surface area contributed by atoms with Gasteiger partial charge in [0.1, 0.15) is 0 Å². The van der Waals surface area contributed by atoms with Crippen LogP contribution in [-0.4, -0.2) is 50.6 Å². The Hall–Kier alpha value is -0.320. The average Bonchev–Trinajstić information content (AvgIpc) is 2.39. The van der Waals surface area contributed by atoms with Crippen LogP contribution in [0.15, 0.2) is 0 Å². The van der Waals surface area contributed by atoms with Gasteiger partial charge in [0.15, 0.2) is 0 Å². The Bertz CT molecular complexity index is 257. The van der Waals surface area contributed by atoms with Gasteiger partial charge in [0.25, 0.3) is 0 Å². The van der Waals surface area contributed by atoms with E-state index in [1.807, 2.05) is 0 Å². The van der Waals surface area contributed by atoms with Gasteiger partial charge in [0.2, 0.25) is 5.91 Å². The van der Waals surface area contributed by atoms with E-state index in [4.69, 9.17) is 0 Å². The fraction of sp³-hybridized carbons (Fsp3) is 0.923. The van der Waals surface area contributed by atoms with E-state index in [1.165, 1.54) is 32.4 Å². The molecule has 106 valence electrons. The first-order valence-corrected chi connectivity index (χ1v) is 6.94. The van der Waals surface area contributed by atoms with Crippen LogP contribution in [0.3, 0.4) is 0 Å². The van der Waals surface area contributed by atoms with E-state index in [0.717, 1.165) is 32.0 Å². The van der Waals surface area contributed by atoms with Crippen molar-refractivity contribution in [1.29, 1.82) is 0 Å². The lowest BCUT2D eigenvalue weighted by Gasteiger charge is -2.35. The summed E-state index contributed by atoms with van der Waals surface area (Å²) in [6, 6.07) is 0. The summed E-state index contributed by atoms with van der Waals surface area (Å²) in [6.07, 6.45) is 4.81. The summed E-state index contributed by atoms with van der Waals surface area (Å²) >= 11 is 0. The van der Waals surface area contributed by atoms with E-state index in [0.29, 0.717) is 0 Å². The third-order valence-corrected chi connectivity index (χ3v) is 4.10. The number of carbonyl (C=O) groups excluding carboxylic acids is 1. The van der Waals surface area contributed by atoms with E-state index in [2.05, 4.69) is 15.5 Å². The van der Waals surface area contributed by atoms with Crippen molar-refractivity contribution in [2.24, 2.45) is 11.8 Å². The first-order chi connectivity index (χ1) is 8.29. The maximum Gasteiger partial charge on any atom is 0.224 e. The molecule has 0 aromatic heterocycles. The van der Waals surface area contributed by atoms with E-state index < -0.39 is 0 Å². The lowest BCUT2D eigenvalue weighted by Crippen LogP contribution is -2.45. The Morgan fingerprint density at radius 3 is 2.72 bits per heavy atom. The first-order valence-electron chi connectivity index (χ1n) is 6.94. The topological polar surface area (TPSA) is 44.4 Å². The molecule has 2 fully saturated rings. The zero-order chi connectivity index (χ0) is 12.1. The van der Waals surface area contributed by atoms with Crippen molar-refractivity contribution >= 4 is 18.3 Å². The van der Waals surface area contributed by atoms with Gasteiger partial charge in [0, 0.05) is 20.1 Å². The minimum absolute atomic E-state index is 0. The zero-order valence-electron chi connectivity index (χ0n) is 11.3. The molecular weight excluding hydrogens is 250 g/mol. The van der Waals surface area contributed by atoms with Crippen LogP contribution in [0.25, 0.3) is 0 Å². The number of halogens is 1. The molecule has 0 aromatic rings.